The smallest absolute Gasteiger partial charge is 0.142 e. The van der Waals surface area contributed by atoms with E-state index in [-0.39, 0.29) is 16.9 Å². The molecular formula is C14H27NO. The van der Waals surface area contributed by atoms with Crippen LogP contribution in [0.15, 0.2) is 0 Å². The van der Waals surface area contributed by atoms with Crippen LogP contribution in [0.1, 0.15) is 60.8 Å². The lowest BCUT2D eigenvalue weighted by atomic mass is 9.80. The van der Waals surface area contributed by atoms with Crippen LogP contribution in [0.5, 0.6) is 0 Å². The Kier molecular flexibility index (Phi) is 3.83. The lowest BCUT2D eigenvalue weighted by Gasteiger charge is -2.32. The van der Waals surface area contributed by atoms with Crippen molar-refractivity contribution in [2.45, 2.75) is 72.4 Å². The van der Waals surface area contributed by atoms with Crippen LogP contribution in [-0.4, -0.2) is 17.4 Å². The van der Waals surface area contributed by atoms with E-state index in [4.69, 9.17) is 0 Å². The third-order valence-corrected chi connectivity index (χ3v) is 3.21. The average Bonchev–Trinajstić information content (AvgIpc) is 2.46. The van der Waals surface area contributed by atoms with E-state index >= 15 is 0 Å². The summed E-state index contributed by atoms with van der Waals surface area (Å²) < 4.78 is 0. The molecule has 1 aliphatic carbocycles. The number of carbonyl (C=O) groups excluding carboxylic acids is 1. The molecule has 0 amide bonds. The first kappa shape index (κ1) is 13.7. The number of rotatable bonds is 2. The summed E-state index contributed by atoms with van der Waals surface area (Å²) in [4.78, 5) is 12.3. The van der Waals surface area contributed by atoms with E-state index < -0.39 is 0 Å². The number of Topliss-reactive ketones (excluding diaryl/α,β-unsaturated/α-hetero) is 1. The standard InChI is InChI=1S/C14H27NO/c1-13(2,3)12(16)10-8-7-9-11(10)15-14(4,5)6/h10-11,15H,7-9H2,1-6H3/t10-,11-/m0/s1. The van der Waals surface area contributed by atoms with Gasteiger partial charge < -0.3 is 5.32 Å². The molecule has 2 nitrogen and oxygen atoms in total. The highest BCUT2D eigenvalue weighted by atomic mass is 16.1. The molecule has 1 aliphatic rings. The highest BCUT2D eigenvalue weighted by Gasteiger charge is 2.39. The minimum atomic E-state index is -0.202. The fourth-order valence-electron chi connectivity index (χ4n) is 2.56. The molecule has 0 unspecified atom stereocenters. The second-order valence-corrected chi connectivity index (χ2v) is 7.15. The predicted octanol–water partition coefficient (Wildman–Crippen LogP) is 3.16. The second-order valence-electron chi connectivity index (χ2n) is 7.15. The molecule has 16 heavy (non-hydrogen) atoms. The molecule has 0 bridgehead atoms. The van der Waals surface area contributed by atoms with Gasteiger partial charge in [0.2, 0.25) is 0 Å². The van der Waals surface area contributed by atoms with Crippen LogP contribution in [0.2, 0.25) is 0 Å². The molecule has 0 heterocycles. The van der Waals surface area contributed by atoms with Crippen LogP contribution in [0.25, 0.3) is 0 Å². The number of ketones is 1. The van der Waals surface area contributed by atoms with Crippen molar-refractivity contribution in [3.63, 3.8) is 0 Å². The first-order valence-electron chi connectivity index (χ1n) is 6.43. The highest BCUT2D eigenvalue weighted by Crippen LogP contribution is 2.33. The summed E-state index contributed by atoms with van der Waals surface area (Å²) in [5, 5.41) is 3.60. The van der Waals surface area contributed by atoms with Crippen LogP contribution in [0.4, 0.5) is 0 Å². The zero-order valence-corrected chi connectivity index (χ0v) is 11.7. The van der Waals surface area contributed by atoms with Gasteiger partial charge in [-0.15, -0.1) is 0 Å². The van der Waals surface area contributed by atoms with E-state index in [2.05, 4.69) is 26.1 Å². The van der Waals surface area contributed by atoms with Gasteiger partial charge in [0.1, 0.15) is 5.78 Å². The van der Waals surface area contributed by atoms with E-state index in [9.17, 15) is 4.79 Å². The Labute approximate surface area is 100 Å². The van der Waals surface area contributed by atoms with Crippen molar-refractivity contribution >= 4 is 5.78 Å². The van der Waals surface area contributed by atoms with Gasteiger partial charge in [-0.05, 0) is 33.6 Å². The minimum absolute atomic E-state index is 0.103. The summed E-state index contributed by atoms with van der Waals surface area (Å²) in [6.07, 6.45) is 3.38. The van der Waals surface area contributed by atoms with Crippen LogP contribution < -0.4 is 5.32 Å². The Bertz CT molecular complexity index is 257. The Balaban J connectivity index is 2.70. The molecule has 0 aromatic rings. The van der Waals surface area contributed by atoms with E-state index in [0.29, 0.717) is 11.8 Å². The van der Waals surface area contributed by atoms with E-state index in [1.165, 1.54) is 6.42 Å². The molecule has 94 valence electrons. The van der Waals surface area contributed by atoms with Gasteiger partial charge in [-0.1, -0.05) is 27.2 Å². The van der Waals surface area contributed by atoms with Gasteiger partial charge in [-0.25, -0.2) is 0 Å². The maximum atomic E-state index is 12.3. The Hall–Kier alpha value is -0.370. The Morgan fingerprint density at radius 1 is 1.06 bits per heavy atom. The normalized spacial score (nSPS) is 27.1. The van der Waals surface area contributed by atoms with Crippen molar-refractivity contribution in [3.8, 4) is 0 Å². The zero-order chi connectivity index (χ0) is 12.6. The molecule has 1 fully saturated rings. The average molecular weight is 225 g/mol. The first-order valence-corrected chi connectivity index (χ1v) is 6.43. The molecule has 0 aromatic heterocycles. The van der Waals surface area contributed by atoms with Crippen molar-refractivity contribution in [2.75, 3.05) is 0 Å². The monoisotopic (exact) mass is 225 g/mol. The third kappa shape index (κ3) is 3.58. The Morgan fingerprint density at radius 2 is 1.62 bits per heavy atom. The molecule has 2 atom stereocenters. The van der Waals surface area contributed by atoms with Crippen LogP contribution in [0.3, 0.4) is 0 Å². The predicted molar refractivity (Wildman–Crippen MR) is 68.5 cm³/mol. The minimum Gasteiger partial charge on any atom is -0.309 e. The lowest BCUT2D eigenvalue weighted by Crippen LogP contribution is -2.48. The van der Waals surface area contributed by atoms with Crippen LogP contribution >= 0.6 is 0 Å². The second kappa shape index (κ2) is 4.48. The molecule has 2 heteroatoms. The summed E-state index contributed by atoms with van der Waals surface area (Å²) >= 11 is 0. The van der Waals surface area contributed by atoms with Gasteiger partial charge in [-0.2, -0.15) is 0 Å². The maximum absolute atomic E-state index is 12.3. The molecular weight excluding hydrogens is 198 g/mol. The molecule has 0 aromatic carbocycles. The quantitative estimate of drug-likeness (QED) is 0.782. The van der Waals surface area contributed by atoms with Gasteiger partial charge in [0.15, 0.2) is 0 Å². The molecule has 1 saturated carbocycles. The zero-order valence-electron chi connectivity index (χ0n) is 11.7. The Morgan fingerprint density at radius 3 is 2.06 bits per heavy atom. The number of hydrogen-bond donors (Lipinski definition) is 1. The van der Waals surface area contributed by atoms with Crippen LogP contribution in [-0.2, 0) is 4.79 Å². The summed E-state index contributed by atoms with van der Waals surface area (Å²) in [7, 11) is 0. The molecule has 0 saturated heterocycles. The highest BCUT2D eigenvalue weighted by molar-refractivity contribution is 5.86. The number of hydrogen-bond acceptors (Lipinski definition) is 2. The van der Waals surface area contributed by atoms with Gasteiger partial charge in [-0.3, -0.25) is 4.79 Å². The maximum Gasteiger partial charge on any atom is 0.142 e. The SMILES string of the molecule is CC(C)(C)N[C@H]1CCC[C@@H]1C(=O)C(C)(C)C. The topological polar surface area (TPSA) is 29.1 Å². The van der Waals surface area contributed by atoms with Crippen molar-refractivity contribution < 1.29 is 4.79 Å². The van der Waals surface area contributed by atoms with Crippen molar-refractivity contribution in [3.05, 3.63) is 0 Å². The fraction of sp³-hybridized carbons (Fsp3) is 0.929. The summed E-state index contributed by atoms with van der Waals surface area (Å²) in [6, 6.07) is 0.381. The molecule has 0 aliphatic heterocycles. The number of nitrogens with one attached hydrogen (secondary N) is 1. The first-order chi connectivity index (χ1) is 7.11. The van der Waals surface area contributed by atoms with Gasteiger partial charge in [0, 0.05) is 22.9 Å². The van der Waals surface area contributed by atoms with E-state index in [1.807, 2.05) is 20.8 Å². The third-order valence-electron chi connectivity index (χ3n) is 3.21. The largest absolute Gasteiger partial charge is 0.309 e. The van der Waals surface area contributed by atoms with Crippen LogP contribution in [0, 0.1) is 11.3 Å². The van der Waals surface area contributed by atoms with Gasteiger partial charge in [0.05, 0.1) is 0 Å². The van der Waals surface area contributed by atoms with Crippen molar-refractivity contribution in [2.24, 2.45) is 11.3 Å². The molecule has 1 N–H and O–H groups in total. The van der Waals surface area contributed by atoms with E-state index in [1.54, 1.807) is 0 Å². The summed E-state index contributed by atoms with van der Waals surface area (Å²) in [5.74, 6) is 0.644. The van der Waals surface area contributed by atoms with Gasteiger partial charge in [0.25, 0.3) is 0 Å². The molecule has 0 spiro atoms. The van der Waals surface area contributed by atoms with Crippen molar-refractivity contribution in [1.82, 2.24) is 5.32 Å². The number of carbonyl (C=O) groups is 1. The van der Waals surface area contributed by atoms with Gasteiger partial charge >= 0.3 is 0 Å². The molecule has 1 rings (SSSR count). The summed E-state index contributed by atoms with van der Waals surface area (Å²) in [6.45, 7) is 12.6. The lowest BCUT2D eigenvalue weighted by molar-refractivity contribution is -0.130. The van der Waals surface area contributed by atoms with Crippen molar-refractivity contribution in [1.29, 1.82) is 0 Å². The summed E-state index contributed by atoms with van der Waals surface area (Å²) in [5.41, 5.74) is -0.0990. The fourth-order valence-corrected chi connectivity index (χ4v) is 2.56. The molecule has 0 radical (unpaired) electrons. The van der Waals surface area contributed by atoms with E-state index in [0.717, 1.165) is 12.8 Å².